The Kier molecular flexibility index (Phi) is 7.00. The molecule has 1 aliphatic rings. The van der Waals surface area contributed by atoms with Crippen molar-refractivity contribution in [3.63, 3.8) is 0 Å². The molecule has 0 amide bonds. The minimum Gasteiger partial charge on any atom is -0.481 e. The highest BCUT2D eigenvalue weighted by Gasteiger charge is 2.42. The van der Waals surface area contributed by atoms with Gasteiger partial charge < -0.3 is 19.3 Å². The normalized spacial score (nSPS) is 17.4. The summed E-state index contributed by atoms with van der Waals surface area (Å²) in [5.41, 5.74) is -0.461. The fraction of sp³-hybridized carbons (Fsp3) is 0.308. The van der Waals surface area contributed by atoms with Gasteiger partial charge in [0.05, 0.1) is 12.0 Å². The summed E-state index contributed by atoms with van der Waals surface area (Å²) in [6, 6.07) is 14.3. The molecule has 1 unspecified atom stereocenters. The first kappa shape index (κ1) is 25.6. The number of rotatable bonds is 7. The maximum atomic E-state index is 13.9. The number of aliphatic hydroxyl groups excluding tert-OH is 1. The number of alkyl halides is 3. The van der Waals surface area contributed by atoms with Gasteiger partial charge in [-0.1, -0.05) is 64.9 Å². The molecule has 3 heterocycles. The summed E-state index contributed by atoms with van der Waals surface area (Å²) in [6.45, 7) is 1.37. The van der Waals surface area contributed by atoms with E-state index in [0.717, 1.165) is 6.42 Å². The lowest BCUT2D eigenvalue weighted by atomic mass is 9.97. The molecule has 38 heavy (non-hydrogen) atoms. The smallest absolute Gasteiger partial charge is 0.422 e. The van der Waals surface area contributed by atoms with E-state index >= 15 is 0 Å². The molecule has 2 aromatic heterocycles. The first-order valence-electron chi connectivity index (χ1n) is 11.9. The lowest BCUT2D eigenvalue weighted by Crippen LogP contribution is -2.40. The van der Waals surface area contributed by atoms with Gasteiger partial charge >= 0.3 is 12.1 Å². The minimum atomic E-state index is -4.79. The van der Waals surface area contributed by atoms with Crippen LogP contribution in [0.3, 0.4) is 0 Å². The topological polar surface area (TPSA) is 126 Å². The van der Waals surface area contributed by atoms with Gasteiger partial charge in [-0.2, -0.15) is 18.2 Å². The molecule has 0 bridgehead atoms. The van der Waals surface area contributed by atoms with E-state index in [4.69, 9.17) is 9.05 Å². The van der Waals surface area contributed by atoms with Crippen molar-refractivity contribution < 1.29 is 37.2 Å². The molecule has 1 aliphatic heterocycles. The number of carboxylic acids is 1. The third-order valence-corrected chi connectivity index (χ3v) is 6.48. The van der Waals surface area contributed by atoms with Crippen LogP contribution in [0.2, 0.25) is 0 Å². The second-order valence-corrected chi connectivity index (χ2v) is 9.10. The number of hydrogen-bond acceptors (Lipinski definition) is 8. The SMILES string of the molecule is O=C(O)C1CCCN(C[C@H](O)c2ccc(-c3noc(-c4noc(-c5ccccc5)c4C(F)(F)F)n3)cc2)C1. The summed E-state index contributed by atoms with van der Waals surface area (Å²) in [4.78, 5) is 17.3. The van der Waals surface area contributed by atoms with Gasteiger partial charge in [0.1, 0.15) is 5.56 Å². The molecule has 12 heteroatoms. The standard InChI is InChI=1S/C26H23F3N4O5/c27-26(28,29)20-21(31-37-22(20)16-5-2-1-3-6-16)24-30-23(32-38-24)17-10-8-15(9-11-17)19(34)14-33-12-4-7-18(13-33)25(35)36/h1-3,5-6,8-11,18-19,34H,4,7,12-14H2,(H,35,36)/t18?,19-/m0/s1. The van der Waals surface area contributed by atoms with E-state index in [-0.39, 0.29) is 17.9 Å². The highest BCUT2D eigenvalue weighted by atomic mass is 19.4. The number of carboxylic acid groups (broad SMARTS) is 1. The molecule has 9 nitrogen and oxygen atoms in total. The van der Waals surface area contributed by atoms with E-state index in [9.17, 15) is 28.2 Å². The summed E-state index contributed by atoms with van der Waals surface area (Å²) in [6.07, 6.45) is -4.27. The van der Waals surface area contributed by atoms with Crippen molar-refractivity contribution in [2.75, 3.05) is 19.6 Å². The van der Waals surface area contributed by atoms with Crippen molar-refractivity contribution in [1.29, 1.82) is 0 Å². The predicted molar refractivity (Wildman–Crippen MR) is 127 cm³/mol. The van der Waals surface area contributed by atoms with E-state index in [1.807, 2.05) is 4.90 Å². The fourth-order valence-corrected chi connectivity index (χ4v) is 4.55. The van der Waals surface area contributed by atoms with Gasteiger partial charge in [0.15, 0.2) is 11.5 Å². The number of piperidine rings is 1. The van der Waals surface area contributed by atoms with Gasteiger partial charge in [0.25, 0.3) is 5.89 Å². The van der Waals surface area contributed by atoms with Crippen molar-refractivity contribution in [3.05, 3.63) is 65.7 Å². The average molecular weight is 528 g/mol. The number of benzene rings is 2. The molecular weight excluding hydrogens is 505 g/mol. The van der Waals surface area contributed by atoms with Crippen LogP contribution in [0, 0.1) is 5.92 Å². The summed E-state index contributed by atoms with van der Waals surface area (Å²) >= 11 is 0. The molecule has 5 rings (SSSR count). The first-order valence-corrected chi connectivity index (χ1v) is 11.9. The first-order chi connectivity index (χ1) is 18.2. The molecule has 0 aliphatic carbocycles. The number of likely N-dealkylation sites (tertiary alicyclic amines) is 1. The average Bonchev–Trinajstić information content (AvgIpc) is 3.57. The molecule has 198 valence electrons. The second-order valence-electron chi connectivity index (χ2n) is 9.10. The number of nitrogens with zero attached hydrogens (tertiary/aromatic N) is 4. The van der Waals surface area contributed by atoms with Crippen LogP contribution in [0.5, 0.6) is 0 Å². The van der Waals surface area contributed by atoms with Crippen molar-refractivity contribution in [1.82, 2.24) is 20.2 Å². The van der Waals surface area contributed by atoms with Crippen LogP contribution >= 0.6 is 0 Å². The van der Waals surface area contributed by atoms with Crippen molar-refractivity contribution in [3.8, 4) is 34.3 Å². The lowest BCUT2D eigenvalue weighted by molar-refractivity contribution is -0.143. The Labute approximate surface area is 214 Å². The largest absolute Gasteiger partial charge is 0.481 e. The monoisotopic (exact) mass is 528 g/mol. The van der Waals surface area contributed by atoms with Gasteiger partial charge in [0.2, 0.25) is 5.82 Å². The van der Waals surface area contributed by atoms with Crippen LogP contribution in [0.25, 0.3) is 34.3 Å². The Morgan fingerprint density at radius 2 is 1.79 bits per heavy atom. The molecule has 1 fully saturated rings. The van der Waals surface area contributed by atoms with Gasteiger partial charge in [-0.25, -0.2) is 0 Å². The number of aromatic nitrogens is 3. The lowest BCUT2D eigenvalue weighted by Gasteiger charge is -2.32. The number of aliphatic hydroxyl groups is 1. The Hall–Kier alpha value is -4.03. The van der Waals surface area contributed by atoms with Gasteiger partial charge in [-0.3, -0.25) is 9.69 Å². The quantitative estimate of drug-likeness (QED) is 0.344. The molecule has 0 radical (unpaired) electrons. The zero-order valence-corrected chi connectivity index (χ0v) is 19.9. The molecule has 1 saturated heterocycles. The Bertz CT molecular complexity index is 1400. The van der Waals surface area contributed by atoms with Crippen molar-refractivity contribution in [2.45, 2.75) is 25.1 Å². The number of aliphatic carboxylic acids is 1. The van der Waals surface area contributed by atoms with Crippen LogP contribution < -0.4 is 0 Å². The summed E-state index contributed by atoms with van der Waals surface area (Å²) < 4.78 is 52.0. The maximum Gasteiger partial charge on any atom is 0.422 e. The molecule has 2 atom stereocenters. The molecule has 2 N–H and O–H groups in total. The van der Waals surface area contributed by atoms with Gasteiger partial charge in [-0.15, -0.1) is 0 Å². The minimum absolute atomic E-state index is 0.0405. The second kappa shape index (κ2) is 10.4. The molecular formula is C26H23F3N4O5. The van der Waals surface area contributed by atoms with Crippen molar-refractivity contribution >= 4 is 5.97 Å². The van der Waals surface area contributed by atoms with E-state index < -0.39 is 47.1 Å². The number of β-amino-alcohol motifs (C(OH)–C–C–N with tert-alkyl or cyclic N) is 1. The maximum absolute atomic E-state index is 13.9. The van der Waals surface area contributed by atoms with Crippen LogP contribution in [0.4, 0.5) is 13.2 Å². The molecule has 4 aromatic rings. The zero-order valence-electron chi connectivity index (χ0n) is 19.9. The van der Waals surface area contributed by atoms with E-state index in [0.29, 0.717) is 30.6 Å². The molecule has 2 aromatic carbocycles. The van der Waals surface area contributed by atoms with E-state index in [2.05, 4.69) is 15.3 Å². The van der Waals surface area contributed by atoms with Crippen LogP contribution in [0.15, 0.2) is 63.6 Å². The van der Waals surface area contributed by atoms with Crippen LogP contribution in [0.1, 0.15) is 30.1 Å². The van der Waals surface area contributed by atoms with Crippen molar-refractivity contribution in [2.24, 2.45) is 5.92 Å². The van der Waals surface area contributed by atoms with Crippen LogP contribution in [-0.2, 0) is 11.0 Å². The Balaban J connectivity index is 1.34. The van der Waals surface area contributed by atoms with Crippen LogP contribution in [-0.4, -0.2) is 56.0 Å². The fourth-order valence-electron chi connectivity index (χ4n) is 4.55. The number of halogens is 3. The van der Waals surface area contributed by atoms with E-state index in [1.165, 1.54) is 12.1 Å². The number of carbonyl (C=O) groups is 1. The highest BCUT2D eigenvalue weighted by molar-refractivity contribution is 5.71. The van der Waals surface area contributed by atoms with Gasteiger partial charge in [0, 0.05) is 24.2 Å². The molecule has 0 saturated carbocycles. The molecule has 0 spiro atoms. The summed E-state index contributed by atoms with van der Waals surface area (Å²) in [5.74, 6) is -2.14. The third kappa shape index (κ3) is 5.31. The zero-order chi connectivity index (χ0) is 26.9. The van der Waals surface area contributed by atoms with Gasteiger partial charge in [-0.05, 0) is 24.9 Å². The Morgan fingerprint density at radius 1 is 1.05 bits per heavy atom. The highest BCUT2D eigenvalue weighted by Crippen LogP contribution is 2.43. The Morgan fingerprint density at radius 3 is 2.47 bits per heavy atom. The summed E-state index contributed by atoms with van der Waals surface area (Å²) in [7, 11) is 0. The van der Waals surface area contributed by atoms with E-state index in [1.54, 1.807) is 42.5 Å². The summed E-state index contributed by atoms with van der Waals surface area (Å²) in [5, 5.41) is 27.3. The predicted octanol–water partition coefficient (Wildman–Crippen LogP) is 4.91. The third-order valence-electron chi connectivity index (χ3n) is 6.48. The number of hydrogen-bond donors (Lipinski definition) is 2.